The van der Waals surface area contributed by atoms with Gasteiger partial charge in [0.2, 0.25) is 0 Å². The predicted octanol–water partition coefficient (Wildman–Crippen LogP) is 2.37. The number of nitrogens with two attached hydrogens (primary N) is 1. The molecule has 2 aromatic rings. The summed E-state index contributed by atoms with van der Waals surface area (Å²) in [6.07, 6.45) is 3.26. The quantitative estimate of drug-likeness (QED) is 0.713. The molecule has 5 nitrogen and oxygen atoms in total. The first-order chi connectivity index (χ1) is 12.5. The maximum Gasteiger partial charge on any atom is 0.192 e. The molecule has 0 radical (unpaired) electrons. The summed E-state index contributed by atoms with van der Waals surface area (Å²) in [6.45, 7) is -0.419. The van der Waals surface area contributed by atoms with Crippen molar-refractivity contribution in [1.29, 1.82) is 0 Å². The maximum absolute atomic E-state index is 12.5. The summed E-state index contributed by atoms with van der Waals surface area (Å²) in [5, 5.41) is 19.5. The second kappa shape index (κ2) is 7.80. The third-order valence-corrected chi connectivity index (χ3v) is 5.72. The molecule has 0 bridgehead atoms. The smallest absolute Gasteiger partial charge is 0.192 e. The van der Waals surface area contributed by atoms with E-state index in [0.717, 1.165) is 22.3 Å². The predicted molar refractivity (Wildman–Crippen MR) is 104 cm³/mol. The van der Waals surface area contributed by atoms with Gasteiger partial charge in [-0.3, -0.25) is 4.79 Å². The second-order valence-electron chi connectivity index (χ2n) is 6.32. The van der Waals surface area contributed by atoms with Crippen molar-refractivity contribution < 1.29 is 14.9 Å². The Kier molecular flexibility index (Phi) is 5.67. The van der Waals surface area contributed by atoms with Gasteiger partial charge in [-0.05, 0) is 53.5 Å². The van der Waals surface area contributed by atoms with Crippen molar-refractivity contribution in [3.63, 3.8) is 0 Å². The van der Waals surface area contributed by atoms with Crippen LogP contribution in [-0.4, -0.2) is 23.6 Å². The number of aryl methyl sites for hydroxylation is 1. The van der Waals surface area contributed by atoms with Crippen LogP contribution >= 0.6 is 11.8 Å². The minimum Gasteiger partial charge on any atom is -0.496 e. The molecule has 0 aliphatic heterocycles. The van der Waals surface area contributed by atoms with Crippen LogP contribution < -0.4 is 15.9 Å². The van der Waals surface area contributed by atoms with Crippen molar-refractivity contribution in [3.05, 3.63) is 56.7 Å². The Labute approximate surface area is 156 Å². The molecule has 2 aromatic carbocycles. The number of hydrogen-bond acceptors (Lipinski definition) is 6. The van der Waals surface area contributed by atoms with Gasteiger partial charge >= 0.3 is 0 Å². The first-order valence-electron chi connectivity index (χ1n) is 8.47. The van der Waals surface area contributed by atoms with Crippen LogP contribution in [0.5, 0.6) is 5.75 Å². The molecule has 1 aliphatic rings. The van der Waals surface area contributed by atoms with Crippen LogP contribution in [0.4, 0.5) is 0 Å². The number of methoxy groups -OCH3 is 1. The van der Waals surface area contributed by atoms with Gasteiger partial charge in [-0.2, -0.15) is 0 Å². The lowest BCUT2D eigenvalue weighted by Crippen LogP contribution is -2.12. The van der Waals surface area contributed by atoms with Crippen LogP contribution in [0.3, 0.4) is 0 Å². The summed E-state index contributed by atoms with van der Waals surface area (Å²) in [5.41, 5.74) is 11.0. The standard InChI is InChI=1S/C20H23NO4S/c1-25-20-15(10-23)12(9-22)7-11-3-5-16(21)14-8-17(24)18(26-2)6-4-13(14)19(11)20/h4,6-8,16,22-23H,3,5,9-10,21H2,1-2H3. The largest absolute Gasteiger partial charge is 0.496 e. The molecule has 4 N–H and O–H groups in total. The second-order valence-corrected chi connectivity index (χ2v) is 7.17. The Balaban J connectivity index is 2.43. The Bertz CT molecular complexity index is 898. The number of fused-ring (bicyclic) bond motifs is 3. The molecule has 0 aromatic heterocycles. The van der Waals surface area contributed by atoms with E-state index in [1.54, 1.807) is 13.2 Å². The number of ether oxygens (including phenoxy) is 1. The van der Waals surface area contributed by atoms with Crippen LogP contribution in [0.1, 0.15) is 34.7 Å². The Morgan fingerprint density at radius 1 is 1.27 bits per heavy atom. The monoisotopic (exact) mass is 373 g/mol. The molecule has 6 heteroatoms. The minimum atomic E-state index is -0.271. The molecule has 0 heterocycles. The van der Waals surface area contributed by atoms with E-state index in [9.17, 15) is 15.0 Å². The minimum absolute atomic E-state index is 0.0500. The normalized spacial score (nSPS) is 15.8. The first kappa shape index (κ1) is 18.9. The van der Waals surface area contributed by atoms with Gasteiger partial charge in [0.1, 0.15) is 5.75 Å². The van der Waals surface area contributed by atoms with Gasteiger partial charge in [-0.25, -0.2) is 0 Å². The Morgan fingerprint density at radius 3 is 2.65 bits per heavy atom. The maximum atomic E-state index is 12.5. The highest BCUT2D eigenvalue weighted by Crippen LogP contribution is 2.44. The van der Waals surface area contributed by atoms with Crippen LogP contribution in [0.15, 0.2) is 34.0 Å². The van der Waals surface area contributed by atoms with Gasteiger partial charge < -0.3 is 20.7 Å². The number of aliphatic hydroxyl groups is 2. The molecule has 1 unspecified atom stereocenters. The van der Waals surface area contributed by atoms with Gasteiger partial charge in [-0.15, -0.1) is 11.8 Å². The topological polar surface area (TPSA) is 92.8 Å². The fourth-order valence-electron chi connectivity index (χ4n) is 3.64. The zero-order valence-electron chi connectivity index (χ0n) is 14.9. The van der Waals surface area contributed by atoms with Crippen LogP contribution in [0.25, 0.3) is 11.1 Å². The highest BCUT2D eigenvalue weighted by atomic mass is 32.2. The van der Waals surface area contributed by atoms with Crippen LogP contribution in [0, 0.1) is 0 Å². The molecule has 0 amide bonds. The molecule has 3 rings (SSSR count). The third kappa shape index (κ3) is 3.14. The van der Waals surface area contributed by atoms with Crippen molar-refractivity contribution >= 4 is 11.8 Å². The SMILES string of the molecule is COc1c(CO)c(CO)cc2c1-c1ccc(SC)c(=O)cc1C(N)CC2. The van der Waals surface area contributed by atoms with Gasteiger partial charge in [0.15, 0.2) is 5.43 Å². The molecule has 0 fully saturated rings. The lowest BCUT2D eigenvalue weighted by atomic mass is 9.91. The lowest BCUT2D eigenvalue weighted by molar-refractivity contribution is 0.254. The van der Waals surface area contributed by atoms with Gasteiger partial charge in [0, 0.05) is 17.2 Å². The van der Waals surface area contributed by atoms with Crippen molar-refractivity contribution in [2.45, 2.75) is 37.0 Å². The number of aliphatic hydroxyl groups excluding tert-OH is 2. The van der Waals surface area contributed by atoms with Gasteiger partial charge in [0.05, 0.1) is 25.2 Å². The number of hydrogen-bond donors (Lipinski definition) is 3. The Morgan fingerprint density at radius 2 is 2.04 bits per heavy atom. The average molecular weight is 373 g/mol. The lowest BCUT2D eigenvalue weighted by Gasteiger charge is -2.19. The van der Waals surface area contributed by atoms with E-state index in [0.29, 0.717) is 34.6 Å². The molecule has 0 spiro atoms. The molecular weight excluding hydrogens is 350 g/mol. The van der Waals surface area contributed by atoms with Crippen molar-refractivity contribution in [2.75, 3.05) is 13.4 Å². The van der Waals surface area contributed by atoms with Crippen molar-refractivity contribution in [1.82, 2.24) is 0 Å². The highest BCUT2D eigenvalue weighted by molar-refractivity contribution is 7.98. The molecule has 138 valence electrons. The molecule has 1 atom stereocenters. The number of rotatable bonds is 4. The van der Waals surface area contributed by atoms with E-state index < -0.39 is 0 Å². The summed E-state index contributed by atoms with van der Waals surface area (Å²) in [6, 6.07) is 6.98. The molecule has 26 heavy (non-hydrogen) atoms. The fourth-order valence-corrected chi connectivity index (χ4v) is 4.11. The summed E-state index contributed by atoms with van der Waals surface area (Å²) >= 11 is 1.40. The van der Waals surface area contributed by atoms with E-state index in [1.807, 2.05) is 24.5 Å². The van der Waals surface area contributed by atoms with Gasteiger partial charge in [0.25, 0.3) is 0 Å². The Hall–Kier alpha value is -1.86. The molecular formula is C20H23NO4S. The first-order valence-corrected chi connectivity index (χ1v) is 9.69. The van der Waals surface area contributed by atoms with Crippen LogP contribution in [0.2, 0.25) is 0 Å². The van der Waals surface area contributed by atoms with E-state index in [2.05, 4.69) is 0 Å². The summed E-state index contributed by atoms with van der Waals surface area (Å²) < 4.78 is 5.65. The molecule has 0 saturated carbocycles. The highest BCUT2D eigenvalue weighted by Gasteiger charge is 2.26. The van der Waals surface area contributed by atoms with E-state index in [1.165, 1.54) is 11.8 Å². The summed E-state index contributed by atoms with van der Waals surface area (Å²) in [7, 11) is 1.55. The number of thioether (sulfide) groups is 1. The van der Waals surface area contributed by atoms with Crippen molar-refractivity contribution in [3.8, 4) is 16.9 Å². The molecule has 0 saturated heterocycles. The van der Waals surface area contributed by atoms with E-state index in [4.69, 9.17) is 10.5 Å². The number of benzene rings is 1. The average Bonchev–Trinajstić information content (AvgIpc) is 2.89. The third-order valence-electron chi connectivity index (χ3n) is 4.95. The fraction of sp³-hybridized carbons (Fsp3) is 0.350. The van der Waals surface area contributed by atoms with Gasteiger partial charge in [-0.1, -0.05) is 12.1 Å². The zero-order valence-corrected chi connectivity index (χ0v) is 15.7. The zero-order chi connectivity index (χ0) is 18.8. The summed E-state index contributed by atoms with van der Waals surface area (Å²) in [4.78, 5) is 13.1. The van der Waals surface area contributed by atoms with Crippen molar-refractivity contribution in [2.24, 2.45) is 5.73 Å². The van der Waals surface area contributed by atoms with E-state index >= 15 is 0 Å². The summed E-state index contributed by atoms with van der Waals surface area (Å²) in [5.74, 6) is 0.536. The molecule has 1 aliphatic carbocycles. The van der Waals surface area contributed by atoms with E-state index in [-0.39, 0.29) is 24.7 Å². The van der Waals surface area contributed by atoms with Crippen LogP contribution in [-0.2, 0) is 19.6 Å².